The molecule has 1 heterocycles. The molecule has 0 saturated heterocycles. The lowest BCUT2D eigenvalue weighted by Crippen LogP contribution is -2.35. The lowest BCUT2D eigenvalue weighted by atomic mass is 10.2. The molecule has 0 radical (unpaired) electrons. The van der Waals surface area contributed by atoms with Crippen molar-refractivity contribution in [3.63, 3.8) is 0 Å². The number of nitrogens with one attached hydrogen (secondary N) is 4. The number of aromatic nitrogens is 1. The number of rotatable bonds is 8. The van der Waals surface area contributed by atoms with E-state index in [1.54, 1.807) is 36.5 Å². The quantitative estimate of drug-likeness (QED) is 0.317. The Labute approximate surface area is 173 Å². The standard InChI is InChI=1S/C20H22N4O5S/c1-29-10-9-23-30(27,28)17-4-2-3-14(11-17)13-22-19(25)20(26)24-16-5-6-18-15(12-16)7-8-21-18/h2-8,11-12,21,23H,9-10,13H2,1H3,(H,22,25)(H,24,26). The Morgan fingerprint density at radius 1 is 1.07 bits per heavy atom. The summed E-state index contributed by atoms with van der Waals surface area (Å²) in [6.45, 7) is 0.403. The Hall–Kier alpha value is -3.21. The summed E-state index contributed by atoms with van der Waals surface area (Å²) in [7, 11) is -2.21. The van der Waals surface area contributed by atoms with E-state index < -0.39 is 21.8 Å². The van der Waals surface area contributed by atoms with Crippen molar-refractivity contribution < 1.29 is 22.7 Å². The van der Waals surface area contributed by atoms with E-state index in [0.717, 1.165) is 10.9 Å². The number of sulfonamides is 1. The number of aromatic amines is 1. The van der Waals surface area contributed by atoms with E-state index in [1.165, 1.54) is 19.2 Å². The number of ether oxygens (including phenoxy) is 1. The van der Waals surface area contributed by atoms with Crippen LogP contribution in [0.25, 0.3) is 10.9 Å². The molecule has 9 nitrogen and oxygen atoms in total. The molecular weight excluding hydrogens is 408 g/mol. The van der Waals surface area contributed by atoms with Gasteiger partial charge in [-0.15, -0.1) is 0 Å². The van der Waals surface area contributed by atoms with Crippen LogP contribution >= 0.6 is 0 Å². The van der Waals surface area contributed by atoms with Gasteiger partial charge in [0.15, 0.2) is 0 Å². The highest BCUT2D eigenvalue weighted by Crippen LogP contribution is 2.17. The van der Waals surface area contributed by atoms with Crippen molar-refractivity contribution in [3.8, 4) is 0 Å². The Morgan fingerprint density at radius 3 is 2.70 bits per heavy atom. The third-order valence-electron chi connectivity index (χ3n) is 4.28. The number of H-pyrrole nitrogens is 1. The average Bonchev–Trinajstić information content (AvgIpc) is 3.20. The number of amides is 2. The van der Waals surface area contributed by atoms with Gasteiger partial charge in [0.05, 0.1) is 11.5 Å². The second-order valence-corrected chi connectivity index (χ2v) is 8.22. The fraction of sp³-hybridized carbons (Fsp3) is 0.200. The number of benzene rings is 2. The second-order valence-electron chi connectivity index (χ2n) is 6.45. The molecule has 158 valence electrons. The number of anilines is 1. The van der Waals surface area contributed by atoms with Gasteiger partial charge in [-0.1, -0.05) is 12.1 Å². The summed E-state index contributed by atoms with van der Waals surface area (Å²) in [5, 5.41) is 5.94. The fourth-order valence-corrected chi connectivity index (χ4v) is 3.85. The Bertz CT molecular complexity index is 1160. The van der Waals surface area contributed by atoms with E-state index in [4.69, 9.17) is 4.74 Å². The van der Waals surface area contributed by atoms with Gasteiger partial charge < -0.3 is 20.4 Å². The van der Waals surface area contributed by atoms with Crippen molar-refractivity contribution in [1.29, 1.82) is 0 Å². The topological polar surface area (TPSA) is 129 Å². The van der Waals surface area contributed by atoms with Gasteiger partial charge in [-0.25, -0.2) is 13.1 Å². The van der Waals surface area contributed by atoms with Gasteiger partial charge in [-0.3, -0.25) is 9.59 Å². The summed E-state index contributed by atoms with van der Waals surface area (Å²) >= 11 is 0. The highest BCUT2D eigenvalue weighted by Gasteiger charge is 2.16. The van der Waals surface area contributed by atoms with E-state index in [1.807, 2.05) is 6.07 Å². The lowest BCUT2D eigenvalue weighted by molar-refractivity contribution is -0.136. The van der Waals surface area contributed by atoms with E-state index in [-0.39, 0.29) is 24.6 Å². The molecule has 3 rings (SSSR count). The molecule has 0 unspecified atom stereocenters. The van der Waals surface area contributed by atoms with Crippen molar-refractivity contribution in [2.75, 3.05) is 25.6 Å². The maximum atomic E-state index is 12.3. The van der Waals surface area contributed by atoms with Crippen molar-refractivity contribution in [2.45, 2.75) is 11.4 Å². The molecule has 0 aliphatic carbocycles. The number of fused-ring (bicyclic) bond motifs is 1. The van der Waals surface area contributed by atoms with Crippen LogP contribution in [0.2, 0.25) is 0 Å². The van der Waals surface area contributed by atoms with E-state index in [2.05, 4.69) is 20.3 Å². The van der Waals surface area contributed by atoms with Crippen LogP contribution in [-0.2, 0) is 30.9 Å². The van der Waals surface area contributed by atoms with Gasteiger partial charge in [0.25, 0.3) is 0 Å². The minimum atomic E-state index is -3.69. The van der Waals surface area contributed by atoms with Crippen molar-refractivity contribution in [1.82, 2.24) is 15.0 Å². The largest absolute Gasteiger partial charge is 0.383 e. The van der Waals surface area contributed by atoms with E-state index in [0.29, 0.717) is 11.3 Å². The zero-order chi connectivity index (χ0) is 21.6. The summed E-state index contributed by atoms with van der Waals surface area (Å²) in [5.41, 5.74) is 1.96. The predicted octanol–water partition coefficient (Wildman–Crippen LogP) is 1.35. The monoisotopic (exact) mass is 430 g/mol. The zero-order valence-electron chi connectivity index (χ0n) is 16.3. The summed E-state index contributed by atoms with van der Waals surface area (Å²) in [6, 6.07) is 13.2. The molecule has 1 aromatic heterocycles. The van der Waals surface area contributed by atoms with Crippen LogP contribution in [0.5, 0.6) is 0 Å². The molecule has 10 heteroatoms. The molecule has 30 heavy (non-hydrogen) atoms. The molecule has 0 bridgehead atoms. The number of methoxy groups -OCH3 is 1. The normalized spacial score (nSPS) is 11.4. The van der Waals surface area contributed by atoms with Gasteiger partial charge in [0.1, 0.15) is 0 Å². The molecule has 4 N–H and O–H groups in total. The highest BCUT2D eigenvalue weighted by molar-refractivity contribution is 7.89. The van der Waals surface area contributed by atoms with Crippen LogP contribution < -0.4 is 15.4 Å². The summed E-state index contributed by atoms with van der Waals surface area (Å²) in [4.78, 5) is 27.4. The van der Waals surface area contributed by atoms with Crippen LogP contribution in [0.4, 0.5) is 5.69 Å². The molecule has 0 aliphatic heterocycles. The van der Waals surface area contributed by atoms with Crippen molar-refractivity contribution >= 4 is 38.4 Å². The zero-order valence-corrected chi connectivity index (χ0v) is 17.1. The summed E-state index contributed by atoms with van der Waals surface area (Å²) in [5.74, 6) is -1.63. The molecule has 3 aromatic rings. The maximum Gasteiger partial charge on any atom is 0.313 e. The number of carbonyl (C=O) groups excluding carboxylic acids is 2. The smallest absolute Gasteiger partial charge is 0.313 e. The SMILES string of the molecule is COCCNS(=O)(=O)c1cccc(CNC(=O)C(=O)Nc2ccc3[nH]ccc3c2)c1. The average molecular weight is 430 g/mol. The van der Waals surface area contributed by atoms with Crippen LogP contribution in [0.1, 0.15) is 5.56 Å². The van der Waals surface area contributed by atoms with Crippen molar-refractivity contribution in [2.24, 2.45) is 0 Å². The molecule has 0 spiro atoms. The minimum absolute atomic E-state index is 0.00449. The first-order valence-corrected chi connectivity index (χ1v) is 10.6. The van der Waals surface area contributed by atoms with Gasteiger partial charge in [0.2, 0.25) is 10.0 Å². The van der Waals surface area contributed by atoms with Gasteiger partial charge in [-0.2, -0.15) is 0 Å². The Morgan fingerprint density at radius 2 is 1.90 bits per heavy atom. The van der Waals surface area contributed by atoms with Crippen LogP contribution in [0.15, 0.2) is 59.6 Å². The Balaban J connectivity index is 1.57. The molecule has 0 fully saturated rings. The third-order valence-corrected chi connectivity index (χ3v) is 5.74. The fourth-order valence-electron chi connectivity index (χ4n) is 2.77. The predicted molar refractivity (Wildman–Crippen MR) is 112 cm³/mol. The van der Waals surface area contributed by atoms with Gasteiger partial charge in [-0.05, 0) is 42.0 Å². The minimum Gasteiger partial charge on any atom is -0.383 e. The highest BCUT2D eigenvalue weighted by atomic mass is 32.2. The molecule has 2 amide bonds. The van der Waals surface area contributed by atoms with Crippen LogP contribution in [0, 0.1) is 0 Å². The first kappa shape index (κ1) is 21.5. The van der Waals surface area contributed by atoms with E-state index >= 15 is 0 Å². The lowest BCUT2D eigenvalue weighted by Gasteiger charge is -2.09. The van der Waals surface area contributed by atoms with Crippen LogP contribution in [-0.4, -0.2) is 45.5 Å². The molecule has 2 aromatic carbocycles. The van der Waals surface area contributed by atoms with E-state index in [9.17, 15) is 18.0 Å². The Kier molecular flexibility index (Phi) is 6.83. The third kappa shape index (κ3) is 5.44. The number of hydrogen-bond acceptors (Lipinski definition) is 5. The van der Waals surface area contributed by atoms with Gasteiger partial charge >= 0.3 is 11.8 Å². The molecular formula is C20H22N4O5S. The number of hydrogen-bond donors (Lipinski definition) is 4. The van der Waals surface area contributed by atoms with Crippen molar-refractivity contribution in [3.05, 3.63) is 60.3 Å². The first-order valence-electron chi connectivity index (χ1n) is 9.13. The van der Waals surface area contributed by atoms with Gasteiger partial charge in [0, 0.05) is 43.0 Å². The van der Waals surface area contributed by atoms with Crippen LogP contribution in [0.3, 0.4) is 0 Å². The summed E-state index contributed by atoms with van der Waals surface area (Å²) < 4.78 is 31.8. The second kappa shape index (κ2) is 9.53. The molecule has 0 saturated carbocycles. The maximum absolute atomic E-state index is 12.3. The first-order chi connectivity index (χ1) is 14.4. The summed E-state index contributed by atoms with van der Waals surface area (Å²) in [6.07, 6.45) is 1.78. The molecule has 0 atom stereocenters. The number of carbonyl (C=O) groups is 2. The molecule has 0 aliphatic rings.